The number of nitrogens with one attached hydrogen (secondary N) is 2. The van der Waals surface area contributed by atoms with Crippen molar-refractivity contribution in [3.8, 4) is 22.6 Å². The number of allylic oxidation sites excluding steroid dienone is 8. The van der Waals surface area contributed by atoms with Gasteiger partial charge < -0.3 is 19.7 Å². The van der Waals surface area contributed by atoms with Crippen LogP contribution < -0.4 is 4.90 Å². The van der Waals surface area contributed by atoms with Crippen molar-refractivity contribution in [1.29, 1.82) is 10.8 Å². The van der Waals surface area contributed by atoms with E-state index < -0.39 is 0 Å². The van der Waals surface area contributed by atoms with Gasteiger partial charge >= 0.3 is 0 Å². The van der Waals surface area contributed by atoms with Crippen molar-refractivity contribution in [1.82, 2.24) is 15.3 Å². The lowest BCUT2D eigenvalue weighted by Crippen LogP contribution is -2.37. The highest BCUT2D eigenvalue weighted by molar-refractivity contribution is 6.63. The highest BCUT2D eigenvalue weighted by atomic mass is 16.6. The van der Waals surface area contributed by atoms with Crippen molar-refractivity contribution in [2.45, 2.75) is 0 Å². The molecule has 4 N–H and O–H groups in total. The van der Waals surface area contributed by atoms with Crippen LogP contribution in [0.5, 0.6) is 0 Å². The first kappa shape index (κ1) is 31.3. The maximum absolute atomic E-state index is 10.5. The second-order valence-corrected chi connectivity index (χ2v) is 12.2. The highest BCUT2D eigenvalue weighted by Gasteiger charge is 2.34. The van der Waals surface area contributed by atoms with Gasteiger partial charge in [0.15, 0.2) is 16.8 Å². The lowest BCUT2D eigenvalue weighted by atomic mass is 9.88. The van der Waals surface area contributed by atoms with E-state index in [1.165, 1.54) is 6.08 Å². The van der Waals surface area contributed by atoms with Crippen LogP contribution in [0, 0.1) is 10.8 Å². The van der Waals surface area contributed by atoms with Crippen LogP contribution in [-0.4, -0.2) is 48.6 Å². The summed E-state index contributed by atoms with van der Waals surface area (Å²) in [5, 5.41) is 56.0. The molecule has 0 bridgehead atoms. The zero-order chi connectivity index (χ0) is 36.1. The predicted molar refractivity (Wildman–Crippen MR) is 204 cm³/mol. The number of fused-ring (bicyclic) bond motifs is 3. The Bertz CT molecular complexity index is 2820. The van der Waals surface area contributed by atoms with E-state index in [0.29, 0.717) is 33.8 Å². The Balaban J connectivity index is 1.18. The number of oxazole rings is 1. The lowest BCUT2D eigenvalue weighted by molar-refractivity contribution is 0.315. The van der Waals surface area contributed by atoms with Gasteiger partial charge in [0.25, 0.3) is 0 Å². The third-order valence-corrected chi connectivity index (χ3v) is 9.32. The fourth-order valence-electron chi connectivity index (χ4n) is 6.79. The first-order chi connectivity index (χ1) is 26.0. The highest BCUT2D eigenvalue weighted by Crippen LogP contribution is 2.40. The fourth-order valence-corrected chi connectivity index (χ4v) is 6.79. The van der Waals surface area contributed by atoms with Crippen LogP contribution in [0.15, 0.2) is 164 Å². The molecule has 0 spiro atoms. The van der Waals surface area contributed by atoms with Crippen LogP contribution in [0.3, 0.4) is 0 Å². The van der Waals surface area contributed by atoms with Crippen LogP contribution in [-0.2, 0) is 0 Å². The molecule has 12 nitrogen and oxygen atoms in total. The number of anilines is 1. The summed E-state index contributed by atoms with van der Waals surface area (Å²) in [6.45, 7) is 0. The van der Waals surface area contributed by atoms with Gasteiger partial charge in [0.2, 0.25) is 5.89 Å². The minimum absolute atomic E-state index is 0.0126. The average Bonchev–Trinajstić information content (AvgIpc) is 3.87. The molecule has 0 saturated heterocycles. The number of nitrogens with zero attached hydrogens (tertiary/aromatic N) is 6. The van der Waals surface area contributed by atoms with E-state index in [9.17, 15) is 15.8 Å². The first-order valence-electron chi connectivity index (χ1n) is 16.5. The molecule has 0 amide bonds. The Morgan fingerprint density at radius 3 is 2.26 bits per heavy atom. The van der Waals surface area contributed by atoms with Crippen LogP contribution in [0.2, 0.25) is 0 Å². The Hall–Kier alpha value is -7.73. The molecule has 0 fully saturated rings. The summed E-state index contributed by atoms with van der Waals surface area (Å²) >= 11 is 0. The summed E-state index contributed by atoms with van der Waals surface area (Å²) in [7, 11) is 0. The van der Waals surface area contributed by atoms with Crippen molar-refractivity contribution in [2.75, 3.05) is 4.90 Å². The van der Waals surface area contributed by atoms with Gasteiger partial charge in [-0.1, -0.05) is 83.1 Å². The molecule has 0 radical (unpaired) electrons. The Morgan fingerprint density at radius 2 is 1.43 bits per heavy atom. The summed E-state index contributed by atoms with van der Waals surface area (Å²) in [5.74, 6) is 0.505. The molecule has 53 heavy (non-hydrogen) atoms. The molecular formula is C41H26N8O4. The summed E-state index contributed by atoms with van der Waals surface area (Å²) in [4.78, 5) is 6.23. The zero-order valence-electron chi connectivity index (χ0n) is 27.6. The van der Waals surface area contributed by atoms with Gasteiger partial charge in [0.05, 0.1) is 22.8 Å². The van der Waals surface area contributed by atoms with Crippen molar-refractivity contribution in [3.63, 3.8) is 0 Å². The number of para-hydroxylation sites is 2. The molecule has 0 aliphatic heterocycles. The summed E-state index contributed by atoms with van der Waals surface area (Å²) in [6.07, 6.45) is 8.32. The minimum atomic E-state index is -0.119. The number of aromatic nitrogens is 3. The van der Waals surface area contributed by atoms with E-state index >= 15 is 0 Å². The van der Waals surface area contributed by atoms with Gasteiger partial charge in [0.1, 0.15) is 22.5 Å². The Kier molecular flexibility index (Phi) is 7.40. The van der Waals surface area contributed by atoms with Gasteiger partial charge in [-0.3, -0.25) is 10.8 Å². The second-order valence-electron chi connectivity index (χ2n) is 12.2. The Labute approximate surface area is 300 Å². The van der Waals surface area contributed by atoms with E-state index in [2.05, 4.69) is 25.6 Å². The summed E-state index contributed by atoms with van der Waals surface area (Å²) < 4.78 is 11.3. The normalized spacial score (nSPS) is 16.1. The van der Waals surface area contributed by atoms with Crippen molar-refractivity contribution in [2.24, 2.45) is 10.3 Å². The maximum atomic E-state index is 10.5. The van der Waals surface area contributed by atoms with Crippen LogP contribution in [0.4, 0.5) is 5.69 Å². The van der Waals surface area contributed by atoms with Crippen LogP contribution >= 0.6 is 0 Å². The van der Waals surface area contributed by atoms with E-state index in [-0.39, 0.29) is 34.2 Å². The molecule has 0 unspecified atom stereocenters. The molecule has 254 valence electrons. The van der Waals surface area contributed by atoms with Crippen molar-refractivity contribution in [3.05, 3.63) is 150 Å². The molecule has 2 heterocycles. The smallest absolute Gasteiger partial charge is 0.227 e. The van der Waals surface area contributed by atoms with Gasteiger partial charge in [-0.2, -0.15) is 0 Å². The van der Waals surface area contributed by atoms with Crippen LogP contribution in [0.1, 0.15) is 5.56 Å². The van der Waals surface area contributed by atoms with Crippen molar-refractivity contribution >= 4 is 67.0 Å². The van der Waals surface area contributed by atoms with E-state index in [4.69, 9.17) is 14.5 Å². The fraction of sp³-hybridized carbons (Fsp3) is 0. The molecule has 9 rings (SSSR count). The van der Waals surface area contributed by atoms with Gasteiger partial charge in [-0.25, -0.2) is 9.61 Å². The Morgan fingerprint density at radius 1 is 0.660 bits per heavy atom. The topological polar surface area (TPSA) is 181 Å². The third-order valence-electron chi connectivity index (χ3n) is 9.32. The van der Waals surface area contributed by atoms with E-state index in [0.717, 1.165) is 38.5 Å². The summed E-state index contributed by atoms with van der Waals surface area (Å²) in [6, 6.07) is 32.6. The number of hydrogen-bond donors (Lipinski definition) is 4. The maximum Gasteiger partial charge on any atom is 0.227 e. The molecule has 5 aromatic carbocycles. The third kappa shape index (κ3) is 5.12. The number of oxime groups is 2. The van der Waals surface area contributed by atoms with Crippen molar-refractivity contribution < 1.29 is 19.5 Å². The average molecular weight is 695 g/mol. The summed E-state index contributed by atoms with van der Waals surface area (Å²) in [5.41, 5.74) is 6.70. The largest absolute Gasteiger partial charge is 0.436 e. The van der Waals surface area contributed by atoms with Crippen LogP contribution in [0.25, 0.3) is 61.1 Å². The molecule has 0 atom stereocenters. The number of rotatable bonds is 6. The minimum Gasteiger partial charge on any atom is -0.436 e. The molecule has 2 aromatic heterocycles. The first-order valence-corrected chi connectivity index (χ1v) is 16.5. The standard InChI is InChI=1S/C41H26N8O4/c42-36-29(28-10-5-8-23-7-1-2-9-26(23)28)20-22-33(39(36)46-51)49(32-13-6-12-31(45-50)37(32)43)34-21-19-27(38-40(34)48-53-47-38)24-15-17-25(18-16-24)41-44-30-11-3-4-14-35(30)52-41/h1-22,42-43,50-51H/b42-36?,43-37?,45-31-,46-39-. The monoisotopic (exact) mass is 694 g/mol. The van der Waals surface area contributed by atoms with E-state index in [1.807, 2.05) is 97.1 Å². The molecule has 2 aliphatic rings. The molecule has 7 aromatic rings. The van der Waals surface area contributed by atoms with Gasteiger partial charge in [-0.15, -0.1) is 0 Å². The SMILES string of the molecule is N=C1C(N(C2=CC=C(c3cccc4ccccc34)C(=N)/C2=N\O)c2ccc(-c3ccc(-c4nc5ccccc5o4)cc3)c3nonc23)=CC=C/C1=N/O. The second kappa shape index (κ2) is 12.5. The van der Waals surface area contributed by atoms with E-state index in [1.54, 1.807) is 35.3 Å². The molecule has 0 saturated carbocycles. The number of hydrogen-bond acceptors (Lipinski definition) is 12. The molecule has 2 aliphatic carbocycles. The zero-order valence-corrected chi connectivity index (χ0v) is 27.6. The molecule has 12 heteroatoms. The lowest BCUT2D eigenvalue weighted by Gasteiger charge is -2.33. The van der Waals surface area contributed by atoms with Gasteiger partial charge in [-0.05, 0) is 92.9 Å². The van der Waals surface area contributed by atoms with Gasteiger partial charge in [0, 0.05) is 16.7 Å². The molecular weight excluding hydrogens is 669 g/mol. The number of benzene rings is 5. The predicted octanol–water partition coefficient (Wildman–Crippen LogP) is 8.79. The quantitative estimate of drug-likeness (QED) is 0.0757.